The van der Waals surface area contributed by atoms with E-state index in [2.05, 4.69) is 20.0 Å². The Kier molecular flexibility index (Phi) is 3.75. The second-order valence-electron chi connectivity index (χ2n) is 4.98. The number of aromatic nitrogens is 2. The summed E-state index contributed by atoms with van der Waals surface area (Å²) in [5.74, 6) is -0.166. The van der Waals surface area contributed by atoms with Gasteiger partial charge in [-0.1, -0.05) is 24.3 Å². The zero-order valence-electron chi connectivity index (χ0n) is 12.2. The van der Waals surface area contributed by atoms with Gasteiger partial charge in [0.2, 0.25) is 16.0 Å². The molecule has 7 nitrogen and oxygen atoms in total. The summed E-state index contributed by atoms with van der Waals surface area (Å²) in [5, 5.41) is 2.63. The molecule has 0 saturated carbocycles. The molecule has 1 heterocycles. The Morgan fingerprint density at radius 1 is 1.09 bits per heavy atom. The summed E-state index contributed by atoms with van der Waals surface area (Å²) >= 11 is 0. The highest BCUT2D eigenvalue weighted by Gasteiger charge is 2.15. The molecule has 0 aliphatic carbocycles. The molecule has 0 radical (unpaired) electrons. The average Bonchev–Trinajstić information content (AvgIpc) is 2.88. The molecule has 0 atom stereocenters. The molecule has 0 spiro atoms. The van der Waals surface area contributed by atoms with E-state index in [1.807, 2.05) is 24.3 Å². The van der Waals surface area contributed by atoms with Crippen LogP contribution in [0.15, 0.2) is 48.5 Å². The average molecular weight is 330 g/mol. The van der Waals surface area contributed by atoms with Gasteiger partial charge in [0.25, 0.3) is 5.91 Å². The standard InChI is InChI=1S/C15H14N4O3S/c1-23(21,22)19-11-7-3-2-6-10(11)14(20)18-15-16-12-8-4-5-9-13(12)17-15/h2-9,19H,1H3,(H2,16,17,18,20). The van der Waals surface area contributed by atoms with Crippen LogP contribution in [0, 0.1) is 0 Å². The Balaban J connectivity index is 1.88. The maximum Gasteiger partial charge on any atom is 0.260 e. The van der Waals surface area contributed by atoms with Crippen LogP contribution in [0.3, 0.4) is 0 Å². The number of fused-ring (bicyclic) bond motifs is 1. The summed E-state index contributed by atoms with van der Waals surface area (Å²) < 4.78 is 25.1. The maximum atomic E-state index is 12.4. The predicted molar refractivity (Wildman–Crippen MR) is 89.0 cm³/mol. The van der Waals surface area contributed by atoms with Crippen molar-refractivity contribution in [2.75, 3.05) is 16.3 Å². The lowest BCUT2D eigenvalue weighted by atomic mass is 10.2. The number of amides is 1. The first kappa shape index (κ1) is 15.0. The first-order valence-corrected chi connectivity index (χ1v) is 8.64. The molecule has 3 aromatic rings. The van der Waals surface area contributed by atoms with Gasteiger partial charge in [-0.05, 0) is 24.3 Å². The van der Waals surface area contributed by atoms with Crippen LogP contribution in [0.1, 0.15) is 10.4 Å². The SMILES string of the molecule is CS(=O)(=O)Nc1ccccc1C(=O)Nc1nc2ccccc2[nH]1. The molecule has 118 valence electrons. The lowest BCUT2D eigenvalue weighted by Gasteiger charge is -2.09. The van der Waals surface area contributed by atoms with E-state index < -0.39 is 15.9 Å². The number of nitrogens with one attached hydrogen (secondary N) is 3. The van der Waals surface area contributed by atoms with E-state index in [1.165, 1.54) is 12.1 Å². The number of carbonyl (C=O) groups excluding carboxylic acids is 1. The molecule has 3 rings (SSSR count). The van der Waals surface area contributed by atoms with Gasteiger partial charge >= 0.3 is 0 Å². The van der Waals surface area contributed by atoms with E-state index in [1.54, 1.807) is 12.1 Å². The summed E-state index contributed by atoms with van der Waals surface area (Å²) in [5.41, 5.74) is 1.94. The smallest absolute Gasteiger partial charge is 0.260 e. The zero-order valence-corrected chi connectivity index (χ0v) is 13.0. The number of benzene rings is 2. The summed E-state index contributed by atoms with van der Waals surface area (Å²) in [4.78, 5) is 19.6. The third-order valence-electron chi connectivity index (χ3n) is 3.09. The van der Waals surface area contributed by atoms with Crippen LogP contribution in [0.4, 0.5) is 11.6 Å². The zero-order chi connectivity index (χ0) is 16.4. The number of hydrogen-bond donors (Lipinski definition) is 3. The topological polar surface area (TPSA) is 104 Å². The normalized spacial score (nSPS) is 11.3. The molecule has 2 aromatic carbocycles. The Bertz CT molecular complexity index is 946. The third-order valence-corrected chi connectivity index (χ3v) is 3.68. The summed E-state index contributed by atoms with van der Waals surface area (Å²) in [6.07, 6.45) is 1.03. The minimum absolute atomic E-state index is 0.207. The fourth-order valence-corrected chi connectivity index (χ4v) is 2.73. The number of imidazole rings is 1. The van der Waals surface area contributed by atoms with E-state index in [9.17, 15) is 13.2 Å². The molecule has 0 aliphatic heterocycles. The Morgan fingerprint density at radius 3 is 2.52 bits per heavy atom. The first-order chi connectivity index (χ1) is 10.9. The molecule has 0 bridgehead atoms. The van der Waals surface area contributed by atoms with Crippen LogP contribution in [-0.4, -0.2) is 30.5 Å². The Labute approximate surface area is 132 Å². The molecule has 0 saturated heterocycles. The summed E-state index contributed by atoms with van der Waals surface area (Å²) in [7, 11) is -3.48. The number of nitrogens with zero attached hydrogens (tertiary/aromatic N) is 1. The Morgan fingerprint density at radius 2 is 1.78 bits per heavy atom. The van der Waals surface area contributed by atoms with Crippen LogP contribution in [0.2, 0.25) is 0 Å². The van der Waals surface area contributed by atoms with Gasteiger partial charge in [-0.2, -0.15) is 0 Å². The number of aromatic amines is 1. The molecule has 0 fully saturated rings. The minimum Gasteiger partial charge on any atom is -0.324 e. The van der Waals surface area contributed by atoms with Gasteiger partial charge in [-0.15, -0.1) is 0 Å². The molecule has 0 unspecified atom stereocenters. The Hall–Kier alpha value is -2.87. The van der Waals surface area contributed by atoms with Crippen molar-refractivity contribution in [3.05, 3.63) is 54.1 Å². The predicted octanol–water partition coefficient (Wildman–Crippen LogP) is 2.19. The third kappa shape index (κ3) is 3.49. The molecule has 8 heteroatoms. The maximum absolute atomic E-state index is 12.4. The van der Waals surface area contributed by atoms with Crippen LogP contribution in [-0.2, 0) is 10.0 Å². The minimum atomic E-state index is -3.48. The van der Waals surface area contributed by atoms with Crippen molar-refractivity contribution in [2.45, 2.75) is 0 Å². The van der Waals surface area contributed by atoms with Gasteiger partial charge < -0.3 is 4.98 Å². The van der Waals surface area contributed by atoms with Crippen molar-refractivity contribution in [3.63, 3.8) is 0 Å². The highest BCUT2D eigenvalue weighted by Crippen LogP contribution is 2.19. The number of rotatable bonds is 4. The number of anilines is 2. The molecule has 1 amide bonds. The first-order valence-electron chi connectivity index (χ1n) is 6.75. The second-order valence-corrected chi connectivity index (χ2v) is 6.72. The quantitative estimate of drug-likeness (QED) is 0.682. The van der Waals surface area contributed by atoms with Crippen LogP contribution < -0.4 is 10.0 Å². The summed E-state index contributed by atoms with van der Waals surface area (Å²) in [6.45, 7) is 0. The number of sulfonamides is 1. The van der Waals surface area contributed by atoms with Crippen molar-refractivity contribution in [1.82, 2.24) is 9.97 Å². The number of carbonyl (C=O) groups is 1. The van der Waals surface area contributed by atoms with Crippen molar-refractivity contribution in [2.24, 2.45) is 0 Å². The largest absolute Gasteiger partial charge is 0.324 e. The van der Waals surface area contributed by atoms with Crippen LogP contribution in [0.25, 0.3) is 11.0 Å². The second kappa shape index (κ2) is 5.73. The van der Waals surface area contributed by atoms with Crippen molar-refractivity contribution in [3.8, 4) is 0 Å². The van der Waals surface area contributed by atoms with Gasteiger partial charge in [0, 0.05) is 0 Å². The molecular weight excluding hydrogens is 316 g/mol. The van der Waals surface area contributed by atoms with E-state index in [0.29, 0.717) is 5.95 Å². The molecule has 1 aromatic heterocycles. The lowest BCUT2D eigenvalue weighted by Crippen LogP contribution is -2.18. The van der Waals surface area contributed by atoms with E-state index in [4.69, 9.17) is 0 Å². The molecule has 0 aliphatic rings. The van der Waals surface area contributed by atoms with Gasteiger partial charge in [0.1, 0.15) is 0 Å². The fraction of sp³-hybridized carbons (Fsp3) is 0.0667. The van der Waals surface area contributed by atoms with E-state index >= 15 is 0 Å². The number of para-hydroxylation sites is 3. The van der Waals surface area contributed by atoms with Crippen molar-refractivity contribution in [1.29, 1.82) is 0 Å². The van der Waals surface area contributed by atoms with Gasteiger partial charge in [0.15, 0.2) is 0 Å². The van der Waals surface area contributed by atoms with E-state index in [-0.39, 0.29) is 11.3 Å². The molecule has 3 N–H and O–H groups in total. The van der Waals surface area contributed by atoms with Crippen molar-refractivity contribution < 1.29 is 13.2 Å². The molecule has 23 heavy (non-hydrogen) atoms. The molecular formula is C15H14N4O3S. The van der Waals surface area contributed by atoms with Gasteiger partial charge in [-0.25, -0.2) is 13.4 Å². The van der Waals surface area contributed by atoms with Crippen molar-refractivity contribution >= 4 is 38.6 Å². The van der Waals surface area contributed by atoms with E-state index in [0.717, 1.165) is 17.3 Å². The number of hydrogen-bond acceptors (Lipinski definition) is 4. The summed E-state index contributed by atoms with van der Waals surface area (Å²) in [6, 6.07) is 13.7. The highest BCUT2D eigenvalue weighted by atomic mass is 32.2. The highest BCUT2D eigenvalue weighted by molar-refractivity contribution is 7.92. The monoisotopic (exact) mass is 330 g/mol. The fourth-order valence-electron chi connectivity index (χ4n) is 2.16. The lowest BCUT2D eigenvalue weighted by molar-refractivity contribution is 0.102. The van der Waals surface area contributed by atoms with Crippen LogP contribution >= 0.6 is 0 Å². The van der Waals surface area contributed by atoms with Gasteiger partial charge in [-0.3, -0.25) is 14.8 Å². The van der Waals surface area contributed by atoms with Crippen LogP contribution in [0.5, 0.6) is 0 Å². The number of H-pyrrole nitrogens is 1. The van der Waals surface area contributed by atoms with Gasteiger partial charge in [0.05, 0.1) is 28.5 Å².